The zero-order valence-electron chi connectivity index (χ0n) is 14.6. The van der Waals surface area contributed by atoms with E-state index in [1.54, 1.807) is 31.9 Å². The van der Waals surface area contributed by atoms with E-state index in [9.17, 15) is 4.79 Å². The van der Waals surface area contributed by atoms with Gasteiger partial charge in [0.1, 0.15) is 12.4 Å². The van der Waals surface area contributed by atoms with Crippen LogP contribution in [0.5, 0.6) is 11.5 Å². The molecule has 0 spiro atoms. The zero-order valence-corrected chi connectivity index (χ0v) is 14.6. The Balaban J connectivity index is 2.15. The van der Waals surface area contributed by atoms with Crippen molar-refractivity contribution < 1.29 is 19.0 Å². The molecule has 0 saturated heterocycles. The maximum absolute atomic E-state index is 12.6. The third kappa shape index (κ3) is 2.90. The number of rotatable bonds is 5. The number of ether oxygens (including phenoxy) is 3. The van der Waals surface area contributed by atoms with Crippen molar-refractivity contribution in [1.82, 2.24) is 14.8 Å². The summed E-state index contributed by atoms with van der Waals surface area (Å²) in [6.07, 6.45) is 1.44. The monoisotopic (exact) mass is 344 g/mol. The number of hydrogen-bond donors (Lipinski definition) is 1. The van der Waals surface area contributed by atoms with Crippen molar-refractivity contribution in [3.05, 3.63) is 41.4 Å². The Morgan fingerprint density at radius 3 is 2.72 bits per heavy atom. The average molecular weight is 344 g/mol. The van der Waals surface area contributed by atoms with E-state index >= 15 is 0 Å². The van der Waals surface area contributed by atoms with Gasteiger partial charge >= 0.3 is 5.97 Å². The predicted molar refractivity (Wildman–Crippen MR) is 90.7 cm³/mol. The predicted octanol–water partition coefficient (Wildman–Crippen LogP) is 2.15. The van der Waals surface area contributed by atoms with Crippen molar-refractivity contribution in [1.29, 1.82) is 0 Å². The van der Waals surface area contributed by atoms with Crippen molar-refractivity contribution in [3.63, 3.8) is 0 Å². The lowest BCUT2D eigenvalue weighted by Crippen LogP contribution is -2.29. The Morgan fingerprint density at radius 2 is 2.04 bits per heavy atom. The maximum Gasteiger partial charge on any atom is 0.338 e. The summed E-state index contributed by atoms with van der Waals surface area (Å²) >= 11 is 0. The fraction of sp³-hybridized carbons (Fsp3) is 0.353. The SMILES string of the molecule is CCOC(=O)C1=C(C)Nc2ncnn2[C@H]1c1ccc(OC)c(OC)c1. The molecule has 3 rings (SSSR count). The van der Waals surface area contributed by atoms with Crippen molar-refractivity contribution in [3.8, 4) is 11.5 Å². The molecule has 0 fully saturated rings. The van der Waals surface area contributed by atoms with Gasteiger partial charge in [-0.05, 0) is 31.5 Å². The first-order chi connectivity index (χ1) is 12.1. The van der Waals surface area contributed by atoms with E-state index in [1.807, 2.05) is 19.1 Å². The number of allylic oxidation sites excluding steroid dienone is 1. The second-order valence-corrected chi connectivity index (χ2v) is 5.43. The molecule has 0 unspecified atom stereocenters. The Kier molecular flexibility index (Phi) is 4.60. The van der Waals surface area contributed by atoms with E-state index < -0.39 is 12.0 Å². The Hall–Kier alpha value is -3.03. The van der Waals surface area contributed by atoms with Crippen LogP contribution in [0.4, 0.5) is 5.95 Å². The van der Waals surface area contributed by atoms with Gasteiger partial charge in [0.05, 0.1) is 26.4 Å². The minimum absolute atomic E-state index is 0.290. The number of nitrogens with zero attached hydrogens (tertiary/aromatic N) is 3. The number of methoxy groups -OCH3 is 2. The van der Waals surface area contributed by atoms with Gasteiger partial charge in [0.15, 0.2) is 11.5 Å². The minimum atomic E-state index is -0.474. The van der Waals surface area contributed by atoms with E-state index in [4.69, 9.17) is 14.2 Å². The van der Waals surface area contributed by atoms with E-state index in [-0.39, 0.29) is 0 Å². The van der Waals surface area contributed by atoms with E-state index in [1.165, 1.54) is 6.33 Å². The fourth-order valence-corrected chi connectivity index (χ4v) is 2.90. The molecule has 1 aliphatic heterocycles. The second-order valence-electron chi connectivity index (χ2n) is 5.43. The number of carbonyl (C=O) groups excluding carboxylic acids is 1. The van der Waals surface area contributed by atoms with E-state index in [0.717, 1.165) is 5.56 Å². The van der Waals surface area contributed by atoms with Crippen LogP contribution in [0.25, 0.3) is 0 Å². The highest BCUT2D eigenvalue weighted by Gasteiger charge is 2.34. The average Bonchev–Trinajstić information content (AvgIpc) is 3.07. The molecule has 8 heteroatoms. The second kappa shape index (κ2) is 6.84. The van der Waals surface area contributed by atoms with Gasteiger partial charge in [-0.3, -0.25) is 0 Å². The highest BCUT2D eigenvalue weighted by Crippen LogP contribution is 2.38. The standard InChI is InChI=1S/C17H20N4O4/c1-5-25-16(22)14-10(2)20-17-18-9-19-21(17)15(14)11-6-7-12(23-3)13(8-11)24-4/h6-9,15H,5H2,1-4H3,(H,18,19,20)/t15-/m0/s1. The normalized spacial score (nSPS) is 16.1. The topological polar surface area (TPSA) is 87.5 Å². The quantitative estimate of drug-likeness (QED) is 0.832. The van der Waals surface area contributed by atoms with Crippen molar-refractivity contribution >= 4 is 11.9 Å². The number of carbonyl (C=O) groups is 1. The van der Waals surface area contributed by atoms with Crippen molar-refractivity contribution in [2.45, 2.75) is 19.9 Å². The van der Waals surface area contributed by atoms with Crippen LogP contribution in [-0.4, -0.2) is 41.6 Å². The first kappa shape index (κ1) is 16.8. The van der Waals surface area contributed by atoms with Gasteiger partial charge in [0.2, 0.25) is 5.95 Å². The van der Waals surface area contributed by atoms with Crippen LogP contribution in [-0.2, 0) is 9.53 Å². The van der Waals surface area contributed by atoms with Crippen LogP contribution in [0.3, 0.4) is 0 Å². The molecule has 8 nitrogen and oxygen atoms in total. The van der Waals surface area contributed by atoms with Gasteiger partial charge in [-0.1, -0.05) is 6.07 Å². The number of anilines is 1. The molecule has 132 valence electrons. The van der Waals surface area contributed by atoms with Crippen molar-refractivity contribution in [2.75, 3.05) is 26.1 Å². The van der Waals surface area contributed by atoms with E-state index in [2.05, 4.69) is 15.4 Å². The molecule has 25 heavy (non-hydrogen) atoms. The minimum Gasteiger partial charge on any atom is -0.493 e. The van der Waals surface area contributed by atoms with Crippen LogP contribution in [0.1, 0.15) is 25.5 Å². The van der Waals surface area contributed by atoms with Crippen molar-refractivity contribution in [2.24, 2.45) is 0 Å². The molecule has 0 radical (unpaired) electrons. The summed E-state index contributed by atoms with van der Waals surface area (Å²) in [5, 5.41) is 7.36. The lowest BCUT2D eigenvalue weighted by molar-refractivity contribution is -0.139. The molecule has 0 amide bonds. The van der Waals surface area contributed by atoms with Gasteiger partial charge in [-0.2, -0.15) is 10.1 Å². The first-order valence-corrected chi connectivity index (χ1v) is 7.87. The number of benzene rings is 1. The highest BCUT2D eigenvalue weighted by molar-refractivity contribution is 5.92. The molecule has 1 N–H and O–H groups in total. The Morgan fingerprint density at radius 1 is 1.28 bits per heavy atom. The Labute approximate surface area is 145 Å². The van der Waals surface area contributed by atoms with Gasteiger partial charge in [0, 0.05) is 5.70 Å². The molecule has 0 bridgehead atoms. The van der Waals surface area contributed by atoms with Crippen LogP contribution in [0.15, 0.2) is 35.8 Å². The summed E-state index contributed by atoms with van der Waals surface area (Å²) in [6.45, 7) is 3.88. The molecule has 0 saturated carbocycles. The Bertz CT molecular complexity index is 828. The first-order valence-electron chi connectivity index (χ1n) is 7.87. The molecule has 2 aromatic rings. The molecular formula is C17H20N4O4. The van der Waals surface area contributed by atoms with Gasteiger partial charge in [0.25, 0.3) is 0 Å². The van der Waals surface area contributed by atoms with Crippen LogP contribution < -0.4 is 14.8 Å². The number of fused-ring (bicyclic) bond motifs is 1. The fourth-order valence-electron chi connectivity index (χ4n) is 2.90. The molecule has 2 heterocycles. The third-order valence-electron chi connectivity index (χ3n) is 4.01. The maximum atomic E-state index is 12.6. The summed E-state index contributed by atoms with van der Waals surface area (Å²) in [5.41, 5.74) is 1.97. The van der Waals surface area contributed by atoms with Gasteiger partial charge in [-0.25, -0.2) is 9.48 Å². The molecule has 1 aromatic heterocycles. The highest BCUT2D eigenvalue weighted by atomic mass is 16.5. The van der Waals surface area contributed by atoms with Crippen LogP contribution in [0.2, 0.25) is 0 Å². The lowest BCUT2D eigenvalue weighted by Gasteiger charge is -2.28. The summed E-state index contributed by atoms with van der Waals surface area (Å²) in [6, 6.07) is 5.02. The lowest BCUT2D eigenvalue weighted by atomic mass is 9.95. The summed E-state index contributed by atoms with van der Waals surface area (Å²) in [5.74, 6) is 1.34. The molecule has 0 aliphatic carbocycles. The summed E-state index contributed by atoms with van der Waals surface area (Å²) in [7, 11) is 3.14. The molecule has 1 atom stereocenters. The van der Waals surface area contributed by atoms with Crippen LogP contribution >= 0.6 is 0 Å². The van der Waals surface area contributed by atoms with E-state index in [0.29, 0.717) is 35.3 Å². The smallest absolute Gasteiger partial charge is 0.338 e. The number of hydrogen-bond acceptors (Lipinski definition) is 7. The summed E-state index contributed by atoms with van der Waals surface area (Å²) < 4.78 is 17.6. The van der Waals surface area contributed by atoms with Crippen LogP contribution in [0, 0.1) is 0 Å². The number of esters is 1. The molecular weight excluding hydrogens is 324 g/mol. The third-order valence-corrected chi connectivity index (χ3v) is 4.01. The van der Waals surface area contributed by atoms with Gasteiger partial charge in [-0.15, -0.1) is 0 Å². The zero-order chi connectivity index (χ0) is 18.0. The summed E-state index contributed by atoms with van der Waals surface area (Å²) in [4.78, 5) is 16.8. The molecule has 1 aromatic carbocycles. The number of nitrogens with one attached hydrogen (secondary N) is 1. The largest absolute Gasteiger partial charge is 0.493 e. The van der Waals surface area contributed by atoms with Gasteiger partial charge < -0.3 is 19.5 Å². The number of aromatic nitrogens is 3. The molecule has 1 aliphatic rings.